The fourth-order valence-electron chi connectivity index (χ4n) is 3.54. The number of halogens is 2. The average molecular weight is 458 g/mol. The number of aromatic nitrogens is 3. The van der Waals surface area contributed by atoms with Gasteiger partial charge in [-0.15, -0.1) is 0 Å². The number of amides is 1. The third-order valence-electron chi connectivity index (χ3n) is 4.99. The Morgan fingerprint density at radius 3 is 2.68 bits per heavy atom. The highest BCUT2D eigenvalue weighted by Crippen LogP contribution is 2.37. The van der Waals surface area contributed by atoms with Crippen LogP contribution in [0.2, 0.25) is 10.0 Å². The largest absolute Gasteiger partial charge is 0.396 e. The smallest absolute Gasteiger partial charge is 0.255 e. The van der Waals surface area contributed by atoms with Gasteiger partial charge in [0.2, 0.25) is 5.95 Å². The molecular weight excluding hydrogens is 437 g/mol. The molecule has 1 atom stereocenters. The second-order valence-electron chi connectivity index (χ2n) is 7.18. The van der Waals surface area contributed by atoms with Crippen LogP contribution in [0.25, 0.3) is 0 Å². The molecule has 0 spiro atoms. The second kappa shape index (κ2) is 9.09. The number of benzene rings is 2. The highest BCUT2D eigenvalue weighted by molar-refractivity contribution is 6.42. The summed E-state index contributed by atoms with van der Waals surface area (Å²) in [5.74, 6) is 0.849. The molecule has 31 heavy (non-hydrogen) atoms. The van der Waals surface area contributed by atoms with Crippen LogP contribution >= 0.6 is 23.2 Å². The van der Waals surface area contributed by atoms with Crippen LogP contribution in [0, 0.1) is 0 Å². The van der Waals surface area contributed by atoms with Gasteiger partial charge >= 0.3 is 0 Å². The second-order valence-corrected chi connectivity index (χ2v) is 8.00. The van der Waals surface area contributed by atoms with E-state index in [4.69, 9.17) is 28.3 Å². The third kappa shape index (κ3) is 4.44. The fraction of sp³-hybridized carbons (Fsp3) is 0.227. The van der Waals surface area contributed by atoms with E-state index in [9.17, 15) is 4.79 Å². The van der Waals surface area contributed by atoms with Crippen molar-refractivity contribution in [3.63, 3.8) is 0 Å². The van der Waals surface area contributed by atoms with Gasteiger partial charge in [-0.25, -0.2) is 4.68 Å². The van der Waals surface area contributed by atoms with Gasteiger partial charge in [0, 0.05) is 24.4 Å². The van der Waals surface area contributed by atoms with E-state index in [1.54, 1.807) is 16.8 Å². The van der Waals surface area contributed by atoms with Gasteiger partial charge in [-0.1, -0.05) is 47.5 Å². The Kier molecular flexibility index (Phi) is 6.27. The Balaban J connectivity index is 1.78. The Morgan fingerprint density at radius 1 is 1.19 bits per heavy atom. The summed E-state index contributed by atoms with van der Waals surface area (Å²) in [6, 6.07) is 14.0. The van der Waals surface area contributed by atoms with Crippen molar-refractivity contribution in [2.45, 2.75) is 25.8 Å². The number of fused-ring (bicyclic) bond motifs is 1. The van der Waals surface area contributed by atoms with Crippen LogP contribution in [0.5, 0.6) is 0 Å². The lowest BCUT2D eigenvalue weighted by Gasteiger charge is -2.29. The highest BCUT2D eigenvalue weighted by atomic mass is 35.5. The van der Waals surface area contributed by atoms with Crippen molar-refractivity contribution in [2.75, 3.05) is 17.2 Å². The minimum Gasteiger partial charge on any atom is -0.396 e. The molecule has 4 rings (SSSR count). The molecule has 0 saturated heterocycles. The number of para-hydroxylation sites is 1. The maximum Gasteiger partial charge on any atom is 0.255 e. The van der Waals surface area contributed by atoms with Gasteiger partial charge in [0.25, 0.3) is 5.91 Å². The number of carbonyl (C=O) groups is 1. The molecule has 1 aliphatic rings. The average Bonchev–Trinajstić information content (AvgIpc) is 3.16. The zero-order valence-electron chi connectivity index (χ0n) is 16.8. The van der Waals surface area contributed by atoms with Crippen molar-refractivity contribution in [3.8, 4) is 0 Å². The fourth-order valence-corrected chi connectivity index (χ4v) is 3.85. The predicted molar refractivity (Wildman–Crippen MR) is 121 cm³/mol. The van der Waals surface area contributed by atoms with Crippen LogP contribution in [0.3, 0.4) is 0 Å². The maximum atomic E-state index is 13.3. The summed E-state index contributed by atoms with van der Waals surface area (Å²) in [6.07, 6.45) is 1.07. The van der Waals surface area contributed by atoms with E-state index >= 15 is 0 Å². The number of aliphatic hydroxyl groups is 1. The molecule has 160 valence electrons. The molecule has 0 aliphatic carbocycles. The molecule has 2 aromatic carbocycles. The van der Waals surface area contributed by atoms with E-state index < -0.39 is 6.04 Å². The van der Waals surface area contributed by atoms with E-state index in [0.29, 0.717) is 51.6 Å². The monoisotopic (exact) mass is 457 g/mol. The number of aliphatic hydroxyl groups excluding tert-OH is 1. The molecule has 0 fully saturated rings. The summed E-state index contributed by atoms with van der Waals surface area (Å²) < 4.78 is 1.68. The molecule has 0 bridgehead atoms. The van der Waals surface area contributed by atoms with Crippen molar-refractivity contribution < 1.29 is 9.90 Å². The summed E-state index contributed by atoms with van der Waals surface area (Å²) in [7, 11) is 0. The third-order valence-corrected chi connectivity index (χ3v) is 5.73. The Hall–Kier alpha value is -2.87. The van der Waals surface area contributed by atoms with Gasteiger partial charge in [0.05, 0.1) is 15.6 Å². The molecule has 0 saturated carbocycles. The first-order chi connectivity index (χ1) is 15.0. The first-order valence-corrected chi connectivity index (χ1v) is 10.6. The maximum absolute atomic E-state index is 13.3. The number of rotatable bonds is 6. The first-order valence-electron chi connectivity index (χ1n) is 9.83. The summed E-state index contributed by atoms with van der Waals surface area (Å²) in [6.45, 7) is 1.88. The molecular formula is C22H21Cl2N5O2. The molecule has 7 nitrogen and oxygen atoms in total. The Labute approximate surface area is 189 Å². The number of anilines is 2. The standard InChI is InChI=1S/C22H21Cl2N5O2/c1-13-19(21(31)26-15-6-3-2-4-7-15)20(14-9-10-16(23)17(24)12-14)29-22(25-13)27-18(28-29)8-5-11-30/h2-4,6-7,9-10,12,20,30H,5,8,11H2,1H3,(H,26,31)(H,25,27,28). The van der Waals surface area contributed by atoms with E-state index in [1.165, 1.54) is 0 Å². The van der Waals surface area contributed by atoms with E-state index in [0.717, 1.165) is 5.56 Å². The molecule has 9 heteroatoms. The Morgan fingerprint density at radius 2 is 1.97 bits per heavy atom. The van der Waals surface area contributed by atoms with Crippen molar-refractivity contribution >= 4 is 40.7 Å². The van der Waals surface area contributed by atoms with Crippen LogP contribution in [-0.4, -0.2) is 32.4 Å². The minimum atomic E-state index is -0.551. The van der Waals surface area contributed by atoms with Crippen LogP contribution in [0.1, 0.15) is 30.8 Å². The predicted octanol–water partition coefficient (Wildman–Crippen LogP) is 4.44. The lowest BCUT2D eigenvalue weighted by atomic mass is 9.95. The SMILES string of the molecule is CC1=C(C(=O)Nc2ccccc2)C(c2ccc(Cl)c(Cl)c2)n2nc(CCCO)nc2N1. The molecule has 0 radical (unpaired) electrons. The van der Waals surface area contributed by atoms with Crippen LogP contribution in [0.4, 0.5) is 11.6 Å². The molecule has 1 amide bonds. The quantitative estimate of drug-likeness (QED) is 0.508. The lowest BCUT2D eigenvalue weighted by Crippen LogP contribution is -2.31. The Bertz CT molecular complexity index is 1140. The summed E-state index contributed by atoms with van der Waals surface area (Å²) in [5.41, 5.74) is 2.61. The molecule has 3 aromatic rings. The van der Waals surface area contributed by atoms with E-state index in [-0.39, 0.29) is 12.5 Å². The number of carbonyl (C=O) groups excluding carboxylic acids is 1. The number of aryl methyl sites for hydroxylation is 1. The van der Waals surface area contributed by atoms with Gasteiger partial charge in [-0.3, -0.25) is 4.79 Å². The van der Waals surface area contributed by atoms with Crippen molar-refractivity contribution in [3.05, 3.63) is 81.2 Å². The van der Waals surface area contributed by atoms with Crippen LogP contribution < -0.4 is 10.6 Å². The van der Waals surface area contributed by atoms with E-state index in [1.807, 2.05) is 43.3 Å². The summed E-state index contributed by atoms with van der Waals surface area (Å²) in [4.78, 5) is 17.9. The van der Waals surface area contributed by atoms with Gasteiger partial charge in [-0.2, -0.15) is 10.1 Å². The van der Waals surface area contributed by atoms with Crippen molar-refractivity contribution in [2.24, 2.45) is 0 Å². The van der Waals surface area contributed by atoms with Gasteiger partial charge in [0.1, 0.15) is 6.04 Å². The molecule has 1 aromatic heterocycles. The minimum absolute atomic E-state index is 0.0511. The number of nitrogens with one attached hydrogen (secondary N) is 2. The van der Waals surface area contributed by atoms with Crippen LogP contribution in [-0.2, 0) is 11.2 Å². The van der Waals surface area contributed by atoms with Gasteiger partial charge in [0.15, 0.2) is 5.82 Å². The topological polar surface area (TPSA) is 92.1 Å². The van der Waals surface area contributed by atoms with Gasteiger partial charge < -0.3 is 15.7 Å². The highest BCUT2D eigenvalue weighted by Gasteiger charge is 2.34. The number of allylic oxidation sites excluding steroid dienone is 1. The molecule has 1 unspecified atom stereocenters. The van der Waals surface area contributed by atoms with Gasteiger partial charge in [-0.05, 0) is 43.2 Å². The molecule has 2 heterocycles. The van der Waals surface area contributed by atoms with E-state index in [2.05, 4.69) is 20.7 Å². The zero-order valence-corrected chi connectivity index (χ0v) is 18.3. The van der Waals surface area contributed by atoms with Crippen LogP contribution in [0.15, 0.2) is 59.8 Å². The lowest BCUT2D eigenvalue weighted by molar-refractivity contribution is -0.113. The molecule has 3 N–H and O–H groups in total. The number of nitrogens with zero attached hydrogens (tertiary/aromatic N) is 3. The normalized spacial score (nSPS) is 15.4. The first kappa shape index (κ1) is 21.4. The molecule has 1 aliphatic heterocycles. The number of hydrogen-bond acceptors (Lipinski definition) is 5. The van der Waals surface area contributed by atoms with Crippen molar-refractivity contribution in [1.82, 2.24) is 14.8 Å². The summed E-state index contributed by atoms with van der Waals surface area (Å²) in [5, 5.41) is 20.7. The summed E-state index contributed by atoms with van der Waals surface area (Å²) >= 11 is 12.4. The number of hydrogen-bond donors (Lipinski definition) is 3. The van der Waals surface area contributed by atoms with Crippen molar-refractivity contribution in [1.29, 1.82) is 0 Å². The zero-order chi connectivity index (χ0) is 22.0.